The number of rotatable bonds is 6. The highest BCUT2D eigenvalue weighted by Gasteiger charge is 2.14. The Hall–Kier alpha value is -2.24. The van der Waals surface area contributed by atoms with E-state index in [-0.39, 0.29) is 18.0 Å². The summed E-state index contributed by atoms with van der Waals surface area (Å²) in [7, 11) is 3.95. The van der Waals surface area contributed by atoms with Crippen molar-refractivity contribution in [1.82, 2.24) is 10.2 Å². The number of carbonyl (C=O) groups is 1. The number of benzene rings is 2. The van der Waals surface area contributed by atoms with E-state index >= 15 is 0 Å². The summed E-state index contributed by atoms with van der Waals surface area (Å²) in [5.41, 5.74) is 1.79. The standard InChI is InChI=1S/C18H21FN2O2/c1-21(2)12-13-7-9-14(10-8-13)18(23)20-11-17(22)15-5-3-4-6-16(15)19/h3-10,17,22H,11-12H2,1-2H3,(H,20,23). The maximum Gasteiger partial charge on any atom is 0.251 e. The zero-order chi connectivity index (χ0) is 16.8. The van der Waals surface area contributed by atoms with Gasteiger partial charge in [0.05, 0.1) is 6.10 Å². The molecule has 122 valence electrons. The first kappa shape index (κ1) is 17.1. The van der Waals surface area contributed by atoms with Crippen molar-refractivity contribution in [2.75, 3.05) is 20.6 Å². The topological polar surface area (TPSA) is 52.6 Å². The summed E-state index contributed by atoms with van der Waals surface area (Å²) in [6.45, 7) is 0.757. The number of nitrogens with zero attached hydrogens (tertiary/aromatic N) is 1. The van der Waals surface area contributed by atoms with Crippen molar-refractivity contribution in [2.24, 2.45) is 0 Å². The molecular weight excluding hydrogens is 295 g/mol. The van der Waals surface area contributed by atoms with Gasteiger partial charge in [-0.05, 0) is 37.9 Å². The molecule has 5 heteroatoms. The lowest BCUT2D eigenvalue weighted by atomic mass is 10.1. The molecule has 0 saturated carbocycles. The predicted octanol–water partition coefficient (Wildman–Crippen LogP) is 2.35. The van der Waals surface area contributed by atoms with Gasteiger partial charge in [-0.3, -0.25) is 4.79 Å². The Morgan fingerprint density at radius 1 is 1.17 bits per heavy atom. The molecule has 0 spiro atoms. The Labute approximate surface area is 135 Å². The van der Waals surface area contributed by atoms with E-state index in [1.807, 2.05) is 31.1 Å². The van der Waals surface area contributed by atoms with Crippen LogP contribution in [-0.2, 0) is 6.54 Å². The Balaban J connectivity index is 1.93. The highest BCUT2D eigenvalue weighted by atomic mass is 19.1. The van der Waals surface area contributed by atoms with Crippen LogP contribution in [0.1, 0.15) is 27.6 Å². The van der Waals surface area contributed by atoms with Crippen LogP contribution in [0.15, 0.2) is 48.5 Å². The van der Waals surface area contributed by atoms with Gasteiger partial charge < -0.3 is 15.3 Å². The molecule has 0 radical (unpaired) electrons. The lowest BCUT2D eigenvalue weighted by Crippen LogP contribution is -2.28. The summed E-state index contributed by atoms with van der Waals surface area (Å²) in [5.74, 6) is -0.779. The molecule has 0 aliphatic rings. The average Bonchev–Trinajstić information content (AvgIpc) is 2.53. The summed E-state index contributed by atoms with van der Waals surface area (Å²) >= 11 is 0. The summed E-state index contributed by atoms with van der Waals surface area (Å²) in [6.07, 6.45) is -1.08. The predicted molar refractivity (Wildman–Crippen MR) is 87.5 cm³/mol. The third-order valence-electron chi connectivity index (χ3n) is 3.44. The molecule has 0 bridgehead atoms. The third kappa shape index (κ3) is 4.87. The van der Waals surface area contributed by atoms with E-state index in [1.165, 1.54) is 12.1 Å². The van der Waals surface area contributed by atoms with Crippen LogP contribution in [0.5, 0.6) is 0 Å². The van der Waals surface area contributed by atoms with Crippen molar-refractivity contribution in [3.63, 3.8) is 0 Å². The number of carbonyl (C=O) groups excluding carboxylic acids is 1. The van der Waals surface area contributed by atoms with Crippen molar-refractivity contribution in [3.8, 4) is 0 Å². The molecule has 0 saturated heterocycles. The first-order chi connectivity index (χ1) is 11.0. The van der Waals surface area contributed by atoms with Crippen LogP contribution in [0.4, 0.5) is 4.39 Å². The molecule has 0 aliphatic carbocycles. The number of aliphatic hydroxyl groups excluding tert-OH is 1. The molecule has 2 aromatic rings. The fourth-order valence-corrected chi connectivity index (χ4v) is 2.27. The summed E-state index contributed by atoms with van der Waals surface area (Å²) in [5, 5.41) is 12.6. The minimum absolute atomic E-state index is 0.0424. The van der Waals surface area contributed by atoms with Gasteiger partial charge >= 0.3 is 0 Å². The Bertz CT molecular complexity index is 656. The molecule has 0 aromatic heterocycles. The highest BCUT2D eigenvalue weighted by molar-refractivity contribution is 5.94. The van der Waals surface area contributed by atoms with Crippen molar-refractivity contribution < 1.29 is 14.3 Å². The summed E-state index contributed by atoms with van der Waals surface area (Å²) in [6, 6.07) is 13.2. The number of hydrogen-bond donors (Lipinski definition) is 2. The lowest BCUT2D eigenvalue weighted by molar-refractivity contribution is 0.0914. The Morgan fingerprint density at radius 2 is 1.83 bits per heavy atom. The number of amides is 1. The number of aliphatic hydroxyl groups is 1. The smallest absolute Gasteiger partial charge is 0.251 e. The molecule has 0 aliphatic heterocycles. The lowest BCUT2D eigenvalue weighted by Gasteiger charge is -2.13. The van der Waals surface area contributed by atoms with E-state index in [1.54, 1.807) is 24.3 Å². The fourth-order valence-electron chi connectivity index (χ4n) is 2.27. The maximum absolute atomic E-state index is 13.6. The van der Waals surface area contributed by atoms with Gasteiger partial charge in [-0.2, -0.15) is 0 Å². The first-order valence-electron chi connectivity index (χ1n) is 7.41. The van der Waals surface area contributed by atoms with Crippen LogP contribution in [0.25, 0.3) is 0 Å². The van der Waals surface area contributed by atoms with E-state index < -0.39 is 11.9 Å². The molecule has 0 heterocycles. The second-order valence-electron chi connectivity index (χ2n) is 5.68. The molecule has 1 atom stereocenters. The van der Waals surface area contributed by atoms with Gasteiger partial charge in [0.15, 0.2) is 0 Å². The zero-order valence-corrected chi connectivity index (χ0v) is 13.3. The zero-order valence-electron chi connectivity index (χ0n) is 13.3. The van der Waals surface area contributed by atoms with Gasteiger partial charge in [-0.25, -0.2) is 4.39 Å². The van der Waals surface area contributed by atoms with Gasteiger partial charge in [0, 0.05) is 24.2 Å². The van der Waals surface area contributed by atoms with Crippen molar-refractivity contribution in [1.29, 1.82) is 0 Å². The van der Waals surface area contributed by atoms with Gasteiger partial charge in [-0.1, -0.05) is 30.3 Å². The van der Waals surface area contributed by atoms with Crippen LogP contribution >= 0.6 is 0 Å². The monoisotopic (exact) mass is 316 g/mol. The fraction of sp³-hybridized carbons (Fsp3) is 0.278. The van der Waals surface area contributed by atoms with Gasteiger partial charge in [0.1, 0.15) is 5.82 Å². The summed E-state index contributed by atoms with van der Waals surface area (Å²) < 4.78 is 13.6. The molecule has 2 aromatic carbocycles. The summed E-state index contributed by atoms with van der Waals surface area (Å²) in [4.78, 5) is 14.1. The number of hydrogen-bond acceptors (Lipinski definition) is 3. The van der Waals surface area contributed by atoms with Gasteiger partial charge in [0.25, 0.3) is 5.91 Å². The highest BCUT2D eigenvalue weighted by Crippen LogP contribution is 2.16. The minimum atomic E-state index is -1.08. The van der Waals surface area contributed by atoms with E-state index in [2.05, 4.69) is 5.32 Å². The molecule has 1 amide bonds. The molecule has 1 unspecified atom stereocenters. The third-order valence-corrected chi connectivity index (χ3v) is 3.44. The Kier molecular flexibility index (Phi) is 5.84. The molecule has 2 N–H and O–H groups in total. The van der Waals surface area contributed by atoms with Crippen LogP contribution in [0.2, 0.25) is 0 Å². The quantitative estimate of drug-likeness (QED) is 0.860. The van der Waals surface area contributed by atoms with Crippen LogP contribution in [0, 0.1) is 5.82 Å². The van der Waals surface area contributed by atoms with Crippen molar-refractivity contribution in [3.05, 3.63) is 71.0 Å². The van der Waals surface area contributed by atoms with E-state index in [4.69, 9.17) is 0 Å². The first-order valence-corrected chi connectivity index (χ1v) is 7.41. The van der Waals surface area contributed by atoms with Crippen molar-refractivity contribution in [2.45, 2.75) is 12.6 Å². The minimum Gasteiger partial charge on any atom is -0.386 e. The van der Waals surface area contributed by atoms with E-state index in [0.29, 0.717) is 5.56 Å². The maximum atomic E-state index is 13.6. The Morgan fingerprint density at radius 3 is 2.43 bits per heavy atom. The normalized spacial score (nSPS) is 12.2. The second-order valence-corrected chi connectivity index (χ2v) is 5.68. The molecule has 23 heavy (non-hydrogen) atoms. The van der Waals surface area contributed by atoms with E-state index in [9.17, 15) is 14.3 Å². The molecule has 4 nitrogen and oxygen atoms in total. The molecule has 0 fully saturated rings. The molecule has 2 rings (SSSR count). The van der Waals surface area contributed by atoms with Crippen LogP contribution in [0.3, 0.4) is 0 Å². The van der Waals surface area contributed by atoms with E-state index in [0.717, 1.165) is 12.1 Å². The largest absolute Gasteiger partial charge is 0.386 e. The van der Waals surface area contributed by atoms with Crippen LogP contribution in [-0.4, -0.2) is 36.6 Å². The van der Waals surface area contributed by atoms with Crippen molar-refractivity contribution >= 4 is 5.91 Å². The number of nitrogens with one attached hydrogen (secondary N) is 1. The number of halogens is 1. The molecular formula is C18H21FN2O2. The van der Waals surface area contributed by atoms with Gasteiger partial charge in [-0.15, -0.1) is 0 Å². The SMILES string of the molecule is CN(C)Cc1ccc(C(=O)NCC(O)c2ccccc2F)cc1. The van der Waals surface area contributed by atoms with Gasteiger partial charge in [0.2, 0.25) is 0 Å². The average molecular weight is 316 g/mol. The van der Waals surface area contributed by atoms with Crippen LogP contribution < -0.4 is 5.32 Å². The second kappa shape index (κ2) is 7.85.